The second kappa shape index (κ2) is 7.88. The molecule has 0 N–H and O–H groups in total. The Morgan fingerprint density at radius 1 is 0.621 bits per heavy atom. The van der Waals surface area contributed by atoms with Crippen LogP contribution in [0.2, 0.25) is 5.02 Å². The molecule has 0 spiro atoms. The Hall–Kier alpha value is -2.25. The predicted molar refractivity (Wildman–Crippen MR) is 128 cm³/mol. The summed E-state index contributed by atoms with van der Waals surface area (Å²) in [4.78, 5) is 2.24. The molecule has 3 aromatic carbocycles. The molecule has 0 aliphatic rings. The van der Waals surface area contributed by atoms with Crippen LogP contribution in [0.1, 0.15) is 58.2 Å². The van der Waals surface area contributed by atoms with Gasteiger partial charge >= 0.3 is 0 Å². The maximum Gasteiger partial charge on any atom is 0.0675 e. The Morgan fingerprint density at radius 2 is 1.03 bits per heavy atom. The van der Waals surface area contributed by atoms with E-state index in [0.29, 0.717) is 0 Å². The van der Waals surface area contributed by atoms with Crippen LogP contribution in [0.25, 0.3) is 0 Å². The van der Waals surface area contributed by atoms with Crippen LogP contribution in [0.3, 0.4) is 0 Å². The quantitative estimate of drug-likeness (QED) is 0.421. The van der Waals surface area contributed by atoms with Crippen LogP contribution in [-0.2, 0) is 10.8 Å². The Bertz CT molecular complexity index is 914. The van der Waals surface area contributed by atoms with Gasteiger partial charge in [0.25, 0.3) is 0 Å². The highest BCUT2D eigenvalue weighted by molar-refractivity contribution is 6.34. The molecule has 0 fully saturated rings. The van der Waals surface area contributed by atoms with Gasteiger partial charge in [0.1, 0.15) is 0 Å². The molecular weight excluding hydrogens is 374 g/mol. The van der Waals surface area contributed by atoms with E-state index in [4.69, 9.17) is 11.6 Å². The van der Waals surface area contributed by atoms with Gasteiger partial charge in [-0.05, 0) is 64.8 Å². The van der Waals surface area contributed by atoms with Gasteiger partial charge in [0.15, 0.2) is 0 Å². The number of nitrogens with zero attached hydrogens (tertiary/aromatic N) is 1. The van der Waals surface area contributed by atoms with Crippen molar-refractivity contribution >= 4 is 28.7 Å². The van der Waals surface area contributed by atoms with Crippen molar-refractivity contribution in [1.29, 1.82) is 0 Å². The van der Waals surface area contributed by atoms with E-state index in [-0.39, 0.29) is 10.8 Å². The van der Waals surface area contributed by atoms with Crippen molar-refractivity contribution in [2.45, 2.75) is 59.3 Å². The van der Waals surface area contributed by atoms with E-state index >= 15 is 0 Å². The number of hydrogen-bond donors (Lipinski definition) is 0. The molecule has 0 radical (unpaired) electrons. The summed E-state index contributed by atoms with van der Waals surface area (Å²) in [6.07, 6.45) is 0. The molecule has 0 bridgehead atoms. The number of halogens is 1. The fourth-order valence-electron chi connectivity index (χ4n) is 3.45. The molecule has 0 saturated carbocycles. The summed E-state index contributed by atoms with van der Waals surface area (Å²) < 4.78 is 0. The number of hydrogen-bond acceptors (Lipinski definition) is 1. The van der Waals surface area contributed by atoms with Crippen molar-refractivity contribution < 1.29 is 0 Å². The van der Waals surface area contributed by atoms with Crippen LogP contribution < -0.4 is 4.90 Å². The monoisotopic (exact) mass is 405 g/mol. The lowest BCUT2D eigenvalue weighted by Crippen LogP contribution is -2.14. The zero-order chi connectivity index (χ0) is 21.4. The summed E-state index contributed by atoms with van der Waals surface area (Å²) in [7, 11) is 0. The molecule has 0 aliphatic heterocycles. The van der Waals surface area contributed by atoms with Gasteiger partial charge in [-0.25, -0.2) is 0 Å². The second-order valence-corrected chi connectivity index (χ2v) is 10.2. The molecule has 0 amide bonds. The van der Waals surface area contributed by atoms with Crippen molar-refractivity contribution in [2.24, 2.45) is 0 Å². The molecule has 3 aromatic rings. The number of aryl methyl sites for hydroxylation is 1. The molecule has 0 saturated heterocycles. The zero-order valence-corrected chi connectivity index (χ0v) is 19.4. The molecular formula is C27H32ClN. The lowest BCUT2D eigenvalue weighted by Gasteiger charge is -2.29. The number of rotatable bonds is 3. The van der Waals surface area contributed by atoms with Gasteiger partial charge in [0, 0.05) is 11.4 Å². The van der Waals surface area contributed by atoms with Crippen LogP contribution >= 0.6 is 11.6 Å². The zero-order valence-electron chi connectivity index (χ0n) is 18.7. The smallest absolute Gasteiger partial charge is 0.0675 e. The molecule has 2 heteroatoms. The minimum atomic E-state index is 0.124. The van der Waals surface area contributed by atoms with Crippen LogP contribution in [-0.4, -0.2) is 0 Å². The third-order valence-electron chi connectivity index (χ3n) is 5.40. The Balaban J connectivity index is 2.14. The Labute approximate surface area is 181 Å². The maximum absolute atomic E-state index is 6.75. The minimum absolute atomic E-state index is 0.124. The highest BCUT2D eigenvalue weighted by Crippen LogP contribution is 2.41. The van der Waals surface area contributed by atoms with E-state index < -0.39 is 0 Å². The number of anilines is 3. The SMILES string of the molecule is Cc1cccc(N(c2ccc(C(C)(C)C)cc2)c2ccc(C(C)(C)C)cc2)c1Cl. The van der Waals surface area contributed by atoms with Crippen LogP contribution in [0.4, 0.5) is 17.1 Å². The largest absolute Gasteiger partial charge is 0.309 e. The summed E-state index contributed by atoms with van der Waals surface area (Å²) in [5, 5.41) is 0.785. The van der Waals surface area contributed by atoms with Gasteiger partial charge in [-0.15, -0.1) is 0 Å². The van der Waals surface area contributed by atoms with E-state index in [9.17, 15) is 0 Å². The van der Waals surface area contributed by atoms with Crippen molar-refractivity contribution in [2.75, 3.05) is 4.90 Å². The van der Waals surface area contributed by atoms with Crippen LogP contribution in [0.15, 0.2) is 66.7 Å². The molecule has 1 nitrogen and oxygen atoms in total. The number of benzene rings is 3. The summed E-state index contributed by atoms with van der Waals surface area (Å²) in [5.74, 6) is 0. The molecule has 0 heterocycles. The summed E-state index contributed by atoms with van der Waals surface area (Å²) in [5.41, 5.74) is 7.17. The van der Waals surface area contributed by atoms with Gasteiger partial charge in [0.2, 0.25) is 0 Å². The van der Waals surface area contributed by atoms with Crippen LogP contribution in [0.5, 0.6) is 0 Å². The van der Waals surface area contributed by atoms with Gasteiger partial charge < -0.3 is 4.90 Å². The second-order valence-electron chi connectivity index (χ2n) is 9.84. The standard InChI is InChI=1S/C27H32ClN/c1-19-9-8-10-24(25(19)28)29(22-15-11-20(12-16-22)26(2,3)4)23-17-13-21(14-18-23)27(5,6)7/h8-18H,1-7H3. The van der Waals surface area contributed by atoms with E-state index in [1.165, 1.54) is 11.1 Å². The Kier molecular flexibility index (Phi) is 5.83. The highest BCUT2D eigenvalue weighted by atomic mass is 35.5. The predicted octanol–water partition coefficient (Wildman–Crippen LogP) is 8.71. The van der Waals surface area contributed by atoms with Crippen molar-refractivity contribution in [1.82, 2.24) is 0 Å². The first kappa shape index (κ1) is 21.5. The first-order chi connectivity index (χ1) is 13.5. The lowest BCUT2D eigenvalue weighted by molar-refractivity contribution is 0.590. The summed E-state index contributed by atoms with van der Waals surface area (Å²) in [6.45, 7) is 15.5. The van der Waals surface area contributed by atoms with E-state index in [2.05, 4.69) is 120 Å². The van der Waals surface area contributed by atoms with E-state index in [1.807, 2.05) is 0 Å². The first-order valence-electron chi connectivity index (χ1n) is 10.2. The molecule has 3 rings (SSSR count). The van der Waals surface area contributed by atoms with E-state index in [1.54, 1.807) is 0 Å². The lowest BCUT2D eigenvalue weighted by atomic mass is 9.86. The molecule has 0 aliphatic carbocycles. The Morgan fingerprint density at radius 3 is 1.41 bits per heavy atom. The molecule has 0 aromatic heterocycles. The average Bonchev–Trinajstić information content (AvgIpc) is 2.65. The molecule has 0 atom stereocenters. The highest BCUT2D eigenvalue weighted by Gasteiger charge is 2.20. The maximum atomic E-state index is 6.75. The fourth-order valence-corrected chi connectivity index (χ4v) is 3.66. The average molecular weight is 406 g/mol. The fraction of sp³-hybridized carbons (Fsp3) is 0.333. The van der Waals surface area contributed by atoms with Crippen molar-refractivity contribution in [3.8, 4) is 0 Å². The molecule has 152 valence electrons. The van der Waals surface area contributed by atoms with Gasteiger partial charge in [-0.3, -0.25) is 0 Å². The van der Waals surface area contributed by atoms with Crippen molar-refractivity contribution in [3.63, 3.8) is 0 Å². The van der Waals surface area contributed by atoms with E-state index in [0.717, 1.165) is 27.6 Å². The van der Waals surface area contributed by atoms with Crippen LogP contribution in [0, 0.1) is 6.92 Å². The minimum Gasteiger partial charge on any atom is -0.309 e. The molecule has 0 unspecified atom stereocenters. The van der Waals surface area contributed by atoms with Gasteiger partial charge in [0.05, 0.1) is 10.7 Å². The topological polar surface area (TPSA) is 3.24 Å². The normalized spacial score (nSPS) is 12.1. The van der Waals surface area contributed by atoms with Gasteiger partial charge in [-0.2, -0.15) is 0 Å². The van der Waals surface area contributed by atoms with Crippen molar-refractivity contribution in [3.05, 3.63) is 88.4 Å². The summed E-state index contributed by atoms with van der Waals surface area (Å²) in [6, 6.07) is 23.8. The summed E-state index contributed by atoms with van der Waals surface area (Å²) >= 11 is 6.75. The third-order valence-corrected chi connectivity index (χ3v) is 5.89. The first-order valence-corrected chi connectivity index (χ1v) is 10.6. The molecule has 29 heavy (non-hydrogen) atoms. The van der Waals surface area contributed by atoms with Gasteiger partial charge in [-0.1, -0.05) is 89.5 Å². The third kappa shape index (κ3) is 4.67.